The Bertz CT molecular complexity index is 825. The Labute approximate surface area is 135 Å². The highest BCUT2D eigenvalue weighted by Gasteiger charge is 2.19. The fourth-order valence-electron chi connectivity index (χ4n) is 2.13. The van der Waals surface area contributed by atoms with Crippen LogP contribution in [-0.2, 0) is 14.8 Å². The Balaban J connectivity index is 2.30. The number of ether oxygens (including phenoxy) is 1. The van der Waals surface area contributed by atoms with Gasteiger partial charge in [0.1, 0.15) is 10.6 Å². The smallest absolute Gasteiger partial charge is 0.354 e. The van der Waals surface area contributed by atoms with E-state index in [-0.39, 0.29) is 10.6 Å². The number of carbonyl (C=O) groups is 1. The van der Waals surface area contributed by atoms with Crippen molar-refractivity contribution in [3.05, 3.63) is 41.7 Å². The quantitative estimate of drug-likeness (QED) is 0.814. The Morgan fingerprint density at radius 3 is 2.57 bits per heavy atom. The number of rotatable bonds is 5. The molecule has 0 atom stereocenters. The number of esters is 1. The molecule has 0 saturated carbocycles. The molecule has 0 unspecified atom stereocenters. The second kappa shape index (κ2) is 6.33. The molecule has 1 aromatic carbocycles. The first kappa shape index (κ1) is 16.9. The molecule has 1 heterocycles. The Kier molecular flexibility index (Phi) is 4.65. The van der Waals surface area contributed by atoms with Gasteiger partial charge in [-0.25, -0.2) is 13.2 Å². The fourth-order valence-corrected chi connectivity index (χ4v) is 3.17. The number of anilines is 2. The number of benzene rings is 1. The van der Waals surface area contributed by atoms with Gasteiger partial charge in [0.15, 0.2) is 0 Å². The zero-order chi connectivity index (χ0) is 17.2. The minimum absolute atomic E-state index is 0.0371. The van der Waals surface area contributed by atoms with Crippen molar-refractivity contribution in [3.63, 3.8) is 0 Å². The van der Waals surface area contributed by atoms with E-state index in [4.69, 9.17) is 0 Å². The van der Waals surface area contributed by atoms with Crippen LogP contribution < -0.4 is 9.62 Å². The van der Waals surface area contributed by atoms with Gasteiger partial charge in [0.25, 0.3) is 10.0 Å². The largest absolute Gasteiger partial charge is 0.464 e. The van der Waals surface area contributed by atoms with Crippen LogP contribution in [0.1, 0.15) is 16.1 Å². The number of aromatic nitrogens is 1. The van der Waals surface area contributed by atoms with E-state index in [1.165, 1.54) is 19.4 Å². The average Bonchev–Trinajstić information content (AvgIpc) is 2.98. The molecule has 0 amide bonds. The van der Waals surface area contributed by atoms with Crippen LogP contribution in [0.3, 0.4) is 0 Å². The number of aromatic amines is 1. The molecule has 2 N–H and O–H groups in total. The van der Waals surface area contributed by atoms with Crippen LogP contribution in [0.4, 0.5) is 11.4 Å². The second-order valence-corrected chi connectivity index (χ2v) is 6.92. The van der Waals surface area contributed by atoms with Crippen LogP contribution in [-0.4, -0.2) is 40.6 Å². The Hall–Kier alpha value is -2.48. The molecule has 0 aliphatic heterocycles. The maximum Gasteiger partial charge on any atom is 0.354 e. The molecule has 124 valence electrons. The van der Waals surface area contributed by atoms with Crippen LogP contribution in [0, 0.1) is 6.92 Å². The fraction of sp³-hybridized carbons (Fsp3) is 0.267. The number of aryl methyl sites for hydroxylation is 1. The lowest BCUT2D eigenvalue weighted by atomic mass is 10.2. The van der Waals surface area contributed by atoms with E-state index < -0.39 is 16.0 Å². The van der Waals surface area contributed by atoms with Crippen LogP contribution in [0.25, 0.3) is 0 Å². The van der Waals surface area contributed by atoms with Gasteiger partial charge in [-0.1, -0.05) is 6.07 Å². The van der Waals surface area contributed by atoms with E-state index >= 15 is 0 Å². The van der Waals surface area contributed by atoms with Gasteiger partial charge in [0.05, 0.1) is 12.8 Å². The molecule has 1 aromatic heterocycles. The van der Waals surface area contributed by atoms with E-state index in [2.05, 4.69) is 14.4 Å². The summed E-state index contributed by atoms with van der Waals surface area (Å²) < 4.78 is 31.8. The number of hydrogen-bond donors (Lipinski definition) is 2. The second-order valence-electron chi connectivity index (χ2n) is 5.24. The molecule has 0 aliphatic rings. The molecular weight excluding hydrogens is 318 g/mol. The van der Waals surface area contributed by atoms with Gasteiger partial charge in [0.2, 0.25) is 0 Å². The molecule has 0 aliphatic carbocycles. The summed E-state index contributed by atoms with van der Waals surface area (Å²) >= 11 is 0. The summed E-state index contributed by atoms with van der Waals surface area (Å²) in [6.07, 6.45) is 1.25. The van der Waals surface area contributed by atoms with Gasteiger partial charge in [-0.3, -0.25) is 4.72 Å². The van der Waals surface area contributed by atoms with Gasteiger partial charge >= 0.3 is 5.97 Å². The molecule has 0 bridgehead atoms. The molecule has 7 nitrogen and oxygen atoms in total. The van der Waals surface area contributed by atoms with E-state index in [1.807, 2.05) is 32.0 Å². The van der Waals surface area contributed by atoms with Crippen LogP contribution >= 0.6 is 0 Å². The Morgan fingerprint density at radius 2 is 1.96 bits per heavy atom. The Morgan fingerprint density at radius 1 is 1.26 bits per heavy atom. The summed E-state index contributed by atoms with van der Waals surface area (Å²) in [6, 6.07) is 6.51. The number of H-pyrrole nitrogens is 1. The normalized spacial score (nSPS) is 11.1. The minimum Gasteiger partial charge on any atom is -0.464 e. The molecule has 0 saturated heterocycles. The number of nitrogens with zero attached hydrogens (tertiary/aromatic N) is 1. The van der Waals surface area contributed by atoms with Crippen LogP contribution in [0.2, 0.25) is 0 Å². The summed E-state index contributed by atoms with van der Waals surface area (Å²) in [4.78, 5) is 15.8. The molecule has 8 heteroatoms. The SMILES string of the molecule is COC(=O)c1cc(S(=O)(=O)Nc2ccc(C)c(N(C)C)c2)c[nH]1. The standard InChI is InChI=1S/C15H19N3O4S/c1-10-5-6-11(7-14(10)18(2)3)17-23(20,21)12-8-13(16-9-12)15(19)22-4/h5-9,16-17H,1-4H3. The number of carbonyl (C=O) groups excluding carboxylic acids is 1. The van der Waals surface area contributed by atoms with E-state index in [0.29, 0.717) is 5.69 Å². The lowest BCUT2D eigenvalue weighted by Gasteiger charge is -2.17. The number of sulfonamides is 1. The molecular formula is C15H19N3O4S. The molecule has 0 fully saturated rings. The number of hydrogen-bond acceptors (Lipinski definition) is 5. The van der Waals surface area contributed by atoms with Gasteiger partial charge in [0, 0.05) is 26.0 Å². The van der Waals surface area contributed by atoms with Crippen molar-refractivity contribution in [1.82, 2.24) is 4.98 Å². The lowest BCUT2D eigenvalue weighted by Crippen LogP contribution is -2.14. The molecule has 0 spiro atoms. The van der Waals surface area contributed by atoms with Crippen molar-refractivity contribution >= 4 is 27.4 Å². The zero-order valence-corrected chi connectivity index (χ0v) is 14.2. The lowest BCUT2D eigenvalue weighted by molar-refractivity contribution is 0.0595. The number of methoxy groups -OCH3 is 1. The van der Waals surface area contributed by atoms with E-state index in [9.17, 15) is 13.2 Å². The summed E-state index contributed by atoms with van der Waals surface area (Å²) in [6.45, 7) is 1.95. The van der Waals surface area contributed by atoms with Crippen molar-refractivity contribution in [2.24, 2.45) is 0 Å². The van der Waals surface area contributed by atoms with Crippen molar-refractivity contribution in [1.29, 1.82) is 0 Å². The first-order valence-corrected chi connectivity index (χ1v) is 8.30. The van der Waals surface area contributed by atoms with Crippen molar-refractivity contribution < 1.29 is 17.9 Å². The maximum absolute atomic E-state index is 12.4. The summed E-state index contributed by atoms with van der Waals surface area (Å²) in [5.41, 5.74) is 2.47. The monoisotopic (exact) mass is 337 g/mol. The minimum atomic E-state index is -3.80. The van der Waals surface area contributed by atoms with Crippen molar-refractivity contribution in [2.75, 3.05) is 30.8 Å². The third-order valence-corrected chi connectivity index (χ3v) is 4.68. The average molecular weight is 337 g/mol. The highest BCUT2D eigenvalue weighted by atomic mass is 32.2. The van der Waals surface area contributed by atoms with E-state index in [0.717, 1.165) is 11.3 Å². The highest BCUT2D eigenvalue weighted by Crippen LogP contribution is 2.24. The van der Waals surface area contributed by atoms with Gasteiger partial charge < -0.3 is 14.6 Å². The van der Waals surface area contributed by atoms with Gasteiger partial charge in [-0.15, -0.1) is 0 Å². The van der Waals surface area contributed by atoms with E-state index in [1.54, 1.807) is 12.1 Å². The van der Waals surface area contributed by atoms with Crippen LogP contribution in [0.15, 0.2) is 35.4 Å². The summed E-state index contributed by atoms with van der Waals surface area (Å²) in [5.74, 6) is -0.628. The zero-order valence-electron chi connectivity index (χ0n) is 13.4. The molecule has 2 rings (SSSR count). The molecule has 23 heavy (non-hydrogen) atoms. The highest BCUT2D eigenvalue weighted by molar-refractivity contribution is 7.92. The summed E-state index contributed by atoms with van der Waals surface area (Å²) in [5, 5.41) is 0. The van der Waals surface area contributed by atoms with Gasteiger partial charge in [-0.2, -0.15) is 0 Å². The molecule has 2 aromatic rings. The summed E-state index contributed by atoms with van der Waals surface area (Å²) in [7, 11) is 1.20. The van der Waals surface area contributed by atoms with Crippen molar-refractivity contribution in [2.45, 2.75) is 11.8 Å². The van der Waals surface area contributed by atoms with Gasteiger partial charge in [-0.05, 0) is 30.7 Å². The topological polar surface area (TPSA) is 91.5 Å². The third kappa shape index (κ3) is 3.65. The first-order chi connectivity index (χ1) is 10.7. The van der Waals surface area contributed by atoms with Crippen LogP contribution in [0.5, 0.6) is 0 Å². The predicted octanol–water partition coefficient (Wildman–Crippen LogP) is 1.98. The maximum atomic E-state index is 12.4. The molecule has 0 radical (unpaired) electrons. The first-order valence-electron chi connectivity index (χ1n) is 6.82. The predicted molar refractivity (Wildman–Crippen MR) is 88.4 cm³/mol. The van der Waals surface area contributed by atoms with Crippen molar-refractivity contribution in [3.8, 4) is 0 Å². The number of nitrogens with one attached hydrogen (secondary N) is 2. The third-order valence-electron chi connectivity index (χ3n) is 3.32.